The lowest BCUT2D eigenvalue weighted by atomic mass is 10.1. The lowest BCUT2D eigenvalue weighted by Gasteiger charge is -2.08. The van der Waals surface area contributed by atoms with E-state index in [-0.39, 0.29) is 6.61 Å². The Kier molecular flexibility index (Phi) is 12.6. The van der Waals surface area contributed by atoms with Crippen molar-refractivity contribution in [2.45, 2.75) is 19.3 Å². The minimum absolute atomic E-state index is 0.280. The van der Waals surface area contributed by atoms with Gasteiger partial charge in [0, 0.05) is 29.7 Å². The minimum Gasteiger partial charge on any atom is -0.494 e. The smallest absolute Gasteiger partial charge is 0.343 e. The second-order valence-corrected chi connectivity index (χ2v) is 9.91. The van der Waals surface area contributed by atoms with Crippen LogP contribution in [-0.4, -0.2) is 44.3 Å². The summed E-state index contributed by atoms with van der Waals surface area (Å²) in [6.45, 7) is 8.20. The summed E-state index contributed by atoms with van der Waals surface area (Å²) in [4.78, 5) is 34.7. The quantitative estimate of drug-likeness (QED) is 0.0470. The Labute approximate surface area is 268 Å². The summed E-state index contributed by atoms with van der Waals surface area (Å²) in [5, 5.41) is 2.06. The fourth-order valence-corrected chi connectivity index (χ4v) is 4.10. The van der Waals surface area contributed by atoms with Crippen molar-refractivity contribution in [2.24, 2.45) is 0 Å². The van der Waals surface area contributed by atoms with Crippen molar-refractivity contribution in [1.82, 2.24) is 0 Å². The second-order valence-electron chi connectivity index (χ2n) is 9.91. The topological polar surface area (TPSA) is 97.4 Å². The van der Waals surface area contributed by atoms with E-state index < -0.39 is 17.9 Å². The number of unbranched alkanes of at least 4 members (excludes halogenated alkanes) is 1. The van der Waals surface area contributed by atoms with E-state index >= 15 is 0 Å². The third-order valence-electron chi connectivity index (χ3n) is 6.50. The molecule has 0 bridgehead atoms. The van der Waals surface area contributed by atoms with Gasteiger partial charge in [-0.1, -0.05) is 37.1 Å². The molecule has 0 unspecified atom stereocenters. The van der Waals surface area contributed by atoms with Crippen LogP contribution in [-0.2, 0) is 19.1 Å². The molecule has 0 aliphatic carbocycles. The third kappa shape index (κ3) is 10.7. The van der Waals surface area contributed by atoms with Crippen molar-refractivity contribution in [3.8, 4) is 29.1 Å². The SMILES string of the molecule is C=CC(=O)OCCCCOc1ccc(C(=O)Oc2ccc(C#Cc3ccc4cc(OCCCOC(=O)C=C)ccc4c3)cc2)cc1. The Morgan fingerprint density at radius 2 is 1.09 bits per heavy atom. The first-order valence-electron chi connectivity index (χ1n) is 14.8. The normalized spacial score (nSPS) is 10.2. The molecule has 0 saturated heterocycles. The fraction of sp³-hybridized carbons (Fsp3) is 0.184. The second kappa shape index (κ2) is 17.5. The Balaban J connectivity index is 1.23. The zero-order valence-corrected chi connectivity index (χ0v) is 25.4. The molecule has 234 valence electrons. The van der Waals surface area contributed by atoms with Gasteiger partial charge in [-0.05, 0) is 96.4 Å². The minimum atomic E-state index is -0.479. The van der Waals surface area contributed by atoms with Crippen LogP contribution in [0, 0.1) is 11.8 Å². The van der Waals surface area contributed by atoms with E-state index in [2.05, 4.69) is 25.0 Å². The Bertz CT molecular complexity index is 1730. The molecule has 0 radical (unpaired) electrons. The lowest BCUT2D eigenvalue weighted by molar-refractivity contribution is -0.138. The summed E-state index contributed by atoms with van der Waals surface area (Å²) in [5.74, 6) is 6.75. The molecule has 4 rings (SSSR count). The van der Waals surface area contributed by atoms with Crippen molar-refractivity contribution in [3.63, 3.8) is 0 Å². The van der Waals surface area contributed by atoms with E-state index in [0.717, 1.165) is 39.8 Å². The number of ether oxygens (including phenoxy) is 5. The van der Waals surface area contributed by atoms with Crippen molar-refractivity contribution >= 4 is 28.7 Å². The Morgan fingerprint density at radius 1 is 0.565 bits per heavy atom. The fourth-order valence-electron chi connectivity index (χ4n) is 4.10. The number of hydrogen-bond acceptors (Lipinski definition) is 8. The number of esters is 3. The summed E-state index contributed by atoms with van der Waals surface area (Å²) in [6.07, 6.45) is 4.25. The highest BCUT2D eigenvalue weighted by Crippen LogP contribution is 2.22. The molecule has 0 aliphatic heterocycles. The predicted molar refractivity (Wildman–Crippen MR) is 175 cm³/mol. The van der Waals surface area contributed by atoms with Crippen LogP contribution < -0.4 is 14.2 Å². The first kappa shape index (κ1) is 33.1. The molecule has 0 fully saturated rings. The van der Waals surface area contributed by atoms with Crippen LogP contribution in [0.1, 0.15) is 40.7 Å². The molecular formula is C38H34O8. The monoisotopic (exact) mass is 618 g/mol. The Morgan fingerprint density at radius 3 is 1.80 bits per heavy atom. The average Bonchev–Trinajstić information content (AvgIpc) is 3.09. The van der Waals surface area contributed by atoms with Crippen LogP contribution in [0.3, 0.4) is 0 Å². The van der Waals surface area contributed by atoms with Crippen LogP contribution in [0.5, 0.6) is 17.2 Å². The van der Waals surface area contributed by atoms with Gasteiger partial charge in [0.25, 0.3) is 0 Å². The van der Waals surface area contributed by atoms with Crippen molar-refractivity contribution in [1.29, 1.82) is 0 Å². The lowest BCUT2D eigenvalue weighted by Crippen LogP contribution is -2.08. The molecule has 0 atom stereocenters. The number of benzene rings is 4. The van der Waals surface area contributed by atoms with Gasteiger partial charge in [-0.2, -0.15) is 0 Å². The summed E-state index contributed by atoms with van der Waals surface area (Å²) >= 11 is 0. The van der Waals surface area contributed by atoms with Gasteiger partial charge < -0.3 is 23.7 Å². The first-order valence-corrected chi connectivity index (χ1v) is 14.8. The van der Waals surface area contributed by atoms with Crippen molar-refractivity contribution < 1.29 is 38.1 Å². The molecule has 0 heterocycles. The Hall–Kier alpha value is -5.81. The van der Waals surface area contributed by atoms with Crippen LogP contribution in [0.25, 0.3) is 10.8 Å². The molecule has 4 aromatic rings. The van der Waals surface area contributed by atoms with E-state index in [0.29, 0.717) is 56.1 Å². The summed E-state index contributed by atoms with van der Waals surface area (Å²) in [6, 6.07) is 25.5. The summed E-state index contributed by atoms with van der Waals surface area (Å²) < 4.78 is 26.8. The summed E-state index contributed by atoms with van der Waals surface area (Å²) in [7, 11) is 0. The number of hydrogen-bond donors (Lipinski definition) is 0. The van der Waals surface area contributed by atoms with Crippen molar-refractivity contribution in [3.05, 3.63) is 127 Å². The molecule has 8 nitrogen and oxygen atoms in total. The highest BCUT2D eigenvalue weighted by molar-refractivity contribution is 5.91. The molecule has 0 N–H and O–H groups in total. The molecule has 8 heteroatoms. The summed E-state index contributed by atoms with van der Waals surface area (Å²) in [5.41, 5.74) is 2.04. The van der Waals surface area contributed by atoms with Gasteiger partial charge in [-0.3, -0.25) is 0 Å². The van der Waals surface area contributed by atoms with E-state index in [4.69, 9.17) is 23.7 Å². The molecule has 0 aromatic heterocycles. The van der Waals surface area contributed by atoms with Crippen molar-refractivity contribution in [2.75, 3.05) is 26.4 Å². The molecule has 0 spiro atoms. The molecular weight excluding hydrogens is 584 g/mol. The number of fused-ring (bicyclic) bond motifs is 1. The van der Waals surface area contributed by atoms with Gasteiger partial charge in [-0.25, -0.2) is 14.4 Å². The zero-order valence-electron chi connectivity index (χ0n) is 25.4. The maximum absolute atomic E-state index is 12.6. The number of carbonyl (C=O) groups excluding carboxylic acids is 3. The largest absolute Gasteiger partial charge is 0.494 e. The molecule has 0 aliphatic rings. The highest BCUT2D eigenvalue weighted by atomic mass is 16.5. The first-order chi connectivity index (χ1) is 22.4. The van der Waals surface area contributed by atoms with Gasteiger partial charge in [-0.15, -0.1) is 0 Å². The number of rotatable bonds is 15. The van der Waals surface area contributed by atoms with Crippen LogP contribution >= 0.6 is 0 Å². The van der Waals surface area contributed by atoms with E-state index in [1.54, 1.807) is 48.5 Å². The van der Waals surface area contributed by atoms with Gasteiger partial charge >= 0.3 is 17.9 Å². The number of carbonyl (C=O) groups is 3. The van der Waals surface area contributed by atoms with Crippen LogP contribution in [0.15, 0.2) is 110 Å². The van der Waals surface area contributed by atoms with Gasteiger partial charge in [0.15, 0.2) is 0 Å². The van der Waals surface area contributed by atoms with Gasteiger partial charge in [0.05, 0.1) is 32.0 Å². The average molecular weight is 619 g/mol. The maximum Gasteiger partial charge on any atom is 0.343 e. The standard InChI is InChI=1S/C38H34O8/c1-3-36(39)44-23-6-5-22-42-33-19-14-30(15-20-33)38(41)46-34-17-11-28(12-18-34)8-9-29-10-13-32-27-35(21-16-31(32)26-29)43-24-7-25-45-37(40)4-2/h3-4,10-21,26-27H,1-2,5-7,22-25H2. The van der Waals surface area contributed by atoms with Crippen LogP contribution in [0.4, 0.5) is 0 Å². The molecule has 46 heavy (non-hydrogen) atoms. The van der Waals surface area contributed by atoms with E-state index in [1.807, 2.05) is 36.4 Å². The molecule has 0 amide bonds. The van der Waals surface area contributed by atoms with Gasteiger partial charge in [0.1, 0.15) is 17.2 Å². The molecule has 0 saturated carbocycles. The van der Waals surface area contributed by atoms with Gasteiger partial charge in [0.2, 0.25) is 0 Å². The van der Waals surface area contributed by atoms with E-state index in [1.165, 1.54) is 0 Å². The zero-order chi connectivity index (χ0) is 32.6. The highest BCUT2D eigenvalue weighted by Gasteiger charge is 2.09. The predicted octanol–water partition coefficient (Wildman–Crippen LogP) is 6.85. The third-order valence-corrected chi connectivity index (χ3v) is 6.50. The van der Waals surface area contributed by atoms with E-state index in [9.17, 15) is 14.4 Å². The maximum atomic E-state index is 12.6. The molecule has 4 aromatic carbocycles. The van der Waals surface area contributed by atoms with Crippen LogP contribution in [0.2, 0.25) is 0 Å².